The zero-order valence-electron chi connectivity index (χ0n) is 12.6. The largest absolute Gasteiger partial charge is 0.329 e. The number of hydrogen-bond donors (Lipinski definition) is 1. The van der Waals surface area contributed by atoms with E-state index in [0.29, 0.717) is 6.04 Å². The summed E-state index contributed by atoms with van der Waals surface area (Å²) in [4.78, 5) is 2.64. The van der Waals surface area contributed by atoms with Crippen molar-refractivity contribution in [1.82, 2.24) is 4.90 Å². The Morgan fingerprint density at radius 3 is 2.22 bits per heavy atom. The predicted molar refractivity (Wildman–Crippen MR) is 78.5 cm³/mol. The molecule has 0 spiro atoms. The van der Waals surface area contributed by atoms with Crippen molar-refractivity contribution in [3.63, 3.8) is 0 Å². The van der Waals surface area contributed by atoms with Gasteiger partial charge in [-0.05, 0) is 56.9 Å². The highest BCUT2D eigenvalue weighted by molar-refractivity contribution is 4.91. The van der Waals surface area contributed by atoms with Gasteiger partial charge in [-0.3, -0.25) is 4.90 Å². The third kappa shape index (κ3) is 3.48. The van der Waals surface area contributed by atoms with Crippen LogP contribution in [-0.4, -0.2) is 30.6 Å². The van der Waals surface area contributed by atoms with Crippen LogP contribution in [0.2, 0.25) is 0 Å². The van der Waals surface area contributed by atoms with Gasteiger partial charge in [0.1, 0.15) is 0 Å². The fourth-order valence-electron chi connectivity index (χ4n) is 3.83. The maximum atomic E-state index is 5.99. The van der Waals surface area contributed by atoms with Crippen molar-refractivity contribution in [2.45, 2.75) is 70.9 Å². The molecule has 2 rings (SSSR count). The molecule has 18 heavy (non-hydrogen) atoms. The Hall–Kier alpha value is -0.0800. The van der Waals surface area contributed by atoms with Crippen molar-refractivity contribution < 1.29 is 0 Å². The van der Waals surface area contributed by atoms with Gasteiger partial charge in [-0.2, -0.15) is 0 Å². The number of nitrogens with two attached hydrogens (primary N) is 1. The monoisotopic (exact) mass is 252 g/mol. The molecule has 2 aliphatic carbocycles. The summed E-state index contributed by atoms with van der Waals surface area (Å²) in [6.45, 7) is 5.63. The molecule has 2 aliphatic rings. The lowest BCUT2D eigenvalue weighted by Crippen LogP contribution is -2.45. The molecule has 2 fully saturated rings. The molecule has 2 nitrogen and oxygen atoms in total. The highest BCUT2D eigenvalue weighted by atomic mass is 15.2. The van der Waals surface area contributed by atoms with Crippen molar-refractivity contribution in [3.8, 4) is 0 Å². The number of nitrogens with zero attached hydrogens (tertiary/aromatic N) is 1. The molecule has 2 N–H and O–H groups in total. The fraction of sp³-hybridized carbons (Fsp3) is 1.00. The average molecular weight is 252 g/mol. The Morgan fingerprint density at radius 2 is 1.67 bits per heavy atom. The summed E-state index contributed by atoms with van der Waals surface area (Å²) in [6, 6.07) is 1.45. The molecule has 3 unspecified atom stereocenters. The van der Waals surface area contributed by atoms with E-state index < -0.39 is 0 Å². The van der Waals surface area contributed by atoms with E-state index >= 15 is 0 Å². The lowest BCUT2D eigenvalue weighted by Gasteiger charge is -2.34. The first kappa shape index (κ1) is 14.3. The van der Waals surface area contributed by atoms with E-state index in [9.17, 15) is 0 Å². The summed E-state index contributed by atoms with van der Waals surface area (Å²) >= 11 is 0. The molecule has 0 radical (unpaired) electrons. The summed E-state index contributed by atoms with van der Waals surface area (Å²) in [7, 11) is 2.33. The average Bonchev–Trinajstić information content (AvgIpc) is 3.15. The molecule has 0 aromatic heterocycles. The van der Waals surface area contributed by atoms with Gasteiger partial charge in [-0.1, -0.05) is 26.7 Å². The standard InChI is InChI=1S/C16H32N2/c1-12(2)13-5-4-6-15(10-9-13)18(3)16(11-17)14-7-8-14/h12-16H,4-11,17H2,1-3H3. The van der Waals surface area contributed by atoms with Crippen molar-refractivity contribution in [3.05, 3.63) is 0 Å². The van der Waals surface area contributed by atoms with Crippen LogP contribution in [0.25, 0.3) is 0 Å². The minimum atomic E-state index is 0.658. The molecule has 0 aliphatic heterocycles. The summed E-state index contributed by atoms with van der Waals surface area (Å²) in [5.74, 6) is 2.73. The third-order valence-electron chi connectivity index (χ3n) is 5.43. The van der Waals surface area contributed by atoms with E-state index in [1.807, 2.05) is 0 Å². The van der Waals surface area contributed by atoms with E-state index in [1.54, 1.807) is 0 Å². The van der Waals surface area contributed by atoms with Crippen LogP contribution < -0.4 is 5.73 Å². The maximum Gasteiger partial charge on any atom is 0.0246 e. The second-order valence-electron chi connectivity index (χ2n) is 6.97. The molecule has 0 amide bonds. The van der Waals surface area contributed by atoms with Crippen molar-refractivity contribution >= 4 is 0 Å². The van der Waals surface area contributed by atoms with Crippen LogP contribution in [0.3, 0.4) is 0 Å². The second kappa shape index (κ2) is 6.38. The molecule has 106 valence electrons. The van der Waals surface area contributed by atoms with Crippen LogP contribution in [0.5, 0.6) is 0 Å². The smallest absolute Gasteiger partial charge is 0.0246 e. The maximum absolute atomic E-state index is 5.99. The highest BCUT2D eigenvalue weighted by Gasteiger charge is 2.35. The Balaban J connectivity index is 1.88. The minimum absolute atomic E-state index is 0.658. The SMILES string of the molecule is CC(C)C1CCCC(N(C)C(CN)C2CC2)CC1. The van der Waals surface area contributed by atoms with Gasteiger partial charge in [-0.15, -0.1) is 0 Å². The number of hydrogen-bond acceptors (Lipinski definition) is 2. The molecule has 2 heteroatoms. The first-order valence-corrected chi connectivity index (χ1v) is 8.05. The predicted octanol–water partition coefficient (Wildman–Crippen LogP) is 3.26. The Kier molecular flexibility index (Phi) is 5.08. The van der Waals surface area contributed by atoms with Gasteiger partial charge in [0.15, 0.2) is 0 Å². The Morgan fingerprint density at radius 1 is 1.00 bits per heavy atom. The topological polar surface area (TPSA) is 29.3 Å². The molecular weight excluding hydrogens is 220 g/mol. The van der Waals surface area contributed by atoms with E-state index in [1.165, 1.54) is 44.9 Å². The highest BCUT2D eigenvalue weighted by Crippen LogP contribution is 2.37. The zero-order valence-corrected chi connectivity index (χ0v) is 12.6. The summed E-state index contributed by atoms with van der Waals surface area (Å²) in [5, 5.41) is 0. The number of likely N-dealkylation sites (N-methyl/N-ethyl adjacent to an activating group) is 1. The van der Waals surface area contributed by atoms with Crippen molar-refractivity contribution in [1.29, 1.82) is 0 Å². The van der Waals surface area contributed by atoms with Crippen LogP contribution in [0.1, 0.15) is 58.8 Å². The molecule has 0 heterocycles. The van der Waals surface area contributed by atoms with Crippen LogP contribution in [0.4, 0.5) is 0 Å². The van der Waals surface area contributed by atoms with Gasteiger partial charge in [0.25, 0.3) is 0 Å². The molecule has 0 aromatic rings. The number of rotatable bonds is 5. The molecular formula is C16H32N2. The van der Waals surface area contributed by atoms with Gasteiger partial charge in [0, 0.05) is 18.6 Å². The lowest BCUT2D eigenvalue weighted by molar-refractivity contribution is 0.143. The van der Waals surface area contributed by atoms with Crippen molar-refractivity contribution in [2.75, 3.05) is 13.6 Å². The lowest BCUT2D eigenvalue weighted by atomic mass is 9.89. The normalized spacial score (nSPS) is 31.7. The third-order valence-corrected chi connectivity index (χ3v) is 5.43. The molecule has 0 saturated heterocycles. The first-order valence-electron chi connectivity index (χ1n) is 8.05. The minimum Gasteiger partial charge on any atom is -0.329 e. The summed E-state index contributed by atoms with van der Waals surface area (Å²) < 4.78 is 0. The second-order valence-corrected chi connectivity index (χ2v) is 6.97. The van der Waals surface area contributed by atoms with E-state index in [-0.39, 0.29) is 0 Å². The molecule has 0 bridgehead atoms. The molecule has 0 aromatic carbocycles. The van der Waals surface area contributed by atoms with Gasteiger partial charge < -0.3 is 5.73 Å². The summed E-state index contributed by atoms with van der Waals surface area (Å²) in [5.41, 5.74) is 5.99. The van der Waals surface area contributed by atoms with Gasteiger partial charge in [0.05, 0.1) is 0 Å². The van der Waals surface area contributed by atoms with E-state index in [0.717, 1.165) is 30.3 Å². The summed E-state index contributed by atoms with van der Waals surface area (Å²) in [6.07, 6.45) is 9.89. The van der Waals surface area contributed by atoms with Gasteiger partial charge in [0.2, 0.25) is 0 Å². The van der Waals surface area contributed by atoms with Crippen LogP contribution in [0, 0.1) is 17.8 Å². The van der Waals surface area contributed by atoms with Gasteiger partial charge >= 0.3 is 0 Å². The van der Waals surface area contributed by atoms with Crippen molar-refractivity contribution in [2.24, 2.45) is 23.5 Å². The van der Waals surface area contributed by atoms with Crippen LogP contribution in [-0.2, 0) is 0 Å². The quantitative estimate of drug-likeness (QED) is 0.761. The molecule has 2 saturated carbocycles. The van der Waals surface area contributed by atoms with Gasteiger partial charge in [-0.25, -0.2) is 0 Å². The Bertz CT molecular complexity index is 247. The first-order chi connectivity index (χ1) is 8.63. The van der Waals surface area contributed by atoms with Crippen LogP contribution >= 0.6 is 0 Å². The van der Waals surface area contributed by atoms with Crippen LogP contribution in [0.15, 0.2) is 0 Å². The fourth-order valence-corrected chi connectivity index (χ4v) is 3.83. The Labute approximate surface area is 113 Å². The van der Waals surface area contributed by atoms with E-state index in [4.69, 9.17) is 5.73 Å². The van der Waals surface area contributed by atoms with E-state index in [2.05, 4.69) is 25.8 Å². The zero-order chi connectivity index (χ0) is 13.1. The molecule has 3 atom stereocenters.